The lowest BCUT2D eigenvalue weighted by molar-refractivity contribution is -0.115. The van der Waals surface area contributed by atoms with Gasteiger partial charge in [-0.3, -0.25) is 19.4 Å². The van der Waals surface area contributed by atoms with Crippen molar-refractivity contribution in [3.8, 4) is 0 Å². The van der Waals surface area contributed by atoms with Crippen LogP contribution in [0.1, 0.15) is 34.1 Å². The summed E-state index contributed by atoms with van der Waals surface area (Å²) in [6.07, 6.45) is 0. The molecule has 4 aromatic rings. The van der Waals surface area contributed by atoms with Crippen LogP contribution in [0.15, 0.2) is 66.0 Å². The lowest BCUT2D eigenvalue weighted by Gasteiger charge is -2.34. The Hall–Kier alpha value is -3.55. The van der Waals surface area contributed by atoms with Crippen LogP contribution in [0, 0.1) is 13.8 Å². The molecule has 0 radical (unpaired) electrons. The number of nitrogens with zero attached hydrogens (tertiary/aromatic N) is 4. The highest BCUT2D eigenvalue weighted by Crippen LogP contribution is 2.30. The second-order valence-corrected chi connectivity index (χ2v) is 10.2. The summed E-state index contributed by atoms with van der Waals surface area (Å²) in [4.78, 5) is 36.5. The van der Waals surface area contributed by atoms with Crippen LogP contribution in [0.4, 0.5) is 10.8 Å². The standard InChI is InChI=1S/C29H30N4O2S/c1-20-11-12-25(17-21(20)2)33(22(3)34)29-30-24(19-36-29)18-31-13-15-32(16-14-31)28(35)27-10-6-8-23-7-4-5-9-26(23)27/h4-12,17,19H,13-16,18H2,1-3H3. The van der Waals surface area contributed by atoms with Crippen LogP contribution in [-0.2, 0) is 11.3 Å². The molecule has 1 aromatic heterocycles. The molecule has 2 amide bonds. The molecule has 36 heavy (non-hydrogen) atoms. The minimum absolute atomic E-state index is 0.0558. The number of piperazine rings is 1. The zero-order valence-corrected chi connectivity index (χ0v) is 21.7. The zero-order valence-electron chi connectivity index (χ0n) is 20.9. The average molecular weight is 499 g/mol. The number of hydrogen-bond acceptors (Lipinski definition) is 5. The van der Waals surface area contributed by atoms with Gasteiger partial charge in [-0.2, -0.15) is 0 Å². The summed E-state index contributed by atoms with van der Waals surface area (Å²) in [6.45, 7) is 9.33. The molecular formula is C29H30N4O2S. The van der Waals surface area contributed by atoms with Gasteiger partial charge in [-0.1, -0.05) is 42.5 Å². The molecule has 1 fully saturated rings. The van der Waals surface area contributed by atoms with Crippen LogP contribution in [0.3, 0.4) is 0 Å². The number of anilines is 2. The van der Waals surface area contributed by atoms with E-state index in [9.17, 15) is 9.59 Å². The topological polar surface area (TPSA) is 56.8 Å². The molecule has 0 spiro atoms. The number of fused-ring (bicyclic) bond motifs is 1. The number of rotatable bonds is 5. The Morgan fingerprint density at radius 3 is 2.44 bits per heavy atom. The third-order valence-electron chi connectivity index (χ3n) is 6.86. The maximum atomic E-state index is 13.3. The van der Waals surface area contributed by atoms with E-state index in [0.29, 0.717) is 24.8 Å². The molecule has 2 heterocycles. The Balaban J connectivity index is 1.24. The van der Waals surface area contributed by atoms with E-state index in [-0.39, 0.29) is 11.8 Å². The van der Waals surface area contributed by atoms with Gasteiger partial charge in [0.15, 0.2) is 5.13 Å². The molecule has 0 saturated carbocycles. The monoisotopic (exact) mass is 498 g/mol. The van der Waals surface area contributed by atoms with Gasteiger partial charge in [0.1, 0.15) is 0 Å². The minimum atomic E-state index is -0.0558. The normalized spacial score (nSPS) is 14.2. The predicted octanol–water partition coefficient (Wildman–Crippen LogP) is 5.56. The molecule has 7 heteroatoms. The molecule has 3 aromatic carbocycles. The highest BCUT2D eigenvalue weighted by Gasteiger charge is 2.24. The molecule has 5 rings (SSSR count). The van der Waals surface area contributed by atoms with Crippen LogP contribution in [-0.4, -0.2) is 52.8 Å². The van der Waals surface area contributed by atoms with Crippen LogP contribution < -0.4 is 4.90 Å². The second-order valence-electron chi connectivity index (χ2n) is 9.34. The molecule has 0 unspecified atom stereocenters. The SMILES string of the molecule is CC(=O)N(c1ccc(C)c(C)c1)c1nc(CN2CCN(C(=O)c3cccc4ccccc34)CC2)cs1. The third kappa shape index (κ3) is 4.90. The Kier molecular flexibility index (Phi) is 6.85. The first kappa shape index (κ1) is 24.2. The van der Waals surface area contributed by atoms with E-state index in [1.54, 1.807) is 11.8 Å². The molecule has 1 aliphatic rings. The van der Waals surface area contributed by atoms with Gasteiger partial charge in [0, 0.05) is 50.6 Å². The van der Waals surface area contributed by atoms with Crippen molar-refractivity contribution in [2.24, 2.45) is 0 Å². The Morgan fingerprint density at radius 1 is 0.944 bits per heavy atom. The third-order valence-corrected chi connectivity index (χ3v) is 7.73. The van der Waals surface area contributed by atoms with Gasteiger partial charge >= 0.3 is 0 Å². The predicted molar refractivity (Wildman–Crippen MR) is 146 cm³/mol. The second kappa shape index (κ2) is 10.2. The number of carbonyl (C=O) groups excluding carboxylic acids is 2. The number of aryl methyl sites for hydroxylation is 2. The van der Waals surface area contributed by atoms with E-state index in [0.717, 1.165) is 46.4 Å². The van der Waals surface area contributed by atoms with Gasteiger partial charge < -0.3 is 4.90 Å². The van der Waals surface area contributed by atoms with Crippen molar-refractivity contribution in [3.05, 3.63) is 88.4 Å². The molecule has 0 atom stereocenters. The molecule has 1 aliphatic heterocycles. The Bertz CT molecular complexity index is 1420. The van der Waals surface area contributed by atoms with E-state index in [4.69, 9.17) is 4.98 Å². The van der Waals surface area contributed by atoms with Gasteiger partial charge in [0.2, 0.25) is 5.91 Å². The summed E-state index contributed by atoms with van der Waals surface area (Å²) in [6, 6.07) is 20.0. The number of aromatic nitrogens is 1. The lowest BCUT2D eigenvalue weighted by atomic mass is 10.0. The van der Waals surface area contributed by atoms with Gasteiger partial charge in [0.25, 0.3) is 5.91 Å². The van der Waals surface area contributed by atoms with E-state index in [2.05, 4.69) is 18.7 Å². The van der Waals surface area contributed by atoms with Gasteiger partial charge in [-0.25, -0.2) is 4.98 Å². The summed E-state index contributed by atoms with van der Waals surface area (Å²) in [7, 11) is 0. The average Bonchev–Trinajstić information content (AvgIpc) is 3.33. The maximum absolute atomic E-state index is 13.3. The summed E-state index contributed by atoms with van der Waals surface area (Å²) in [5, 5.41) is 4.80. The van der Waals surface area contributed by atoms with E-state index in [1.165, 1.54) is 16.9 Å². The molecular weight excluding hydrogens is 468 g/mol. The van der Waals surface area contributed by atoms with Crippen molar-refractivity contribution in [2.75, 3.05) is 31.1 Å². The van der Waals surface area contributed by atoms with Crippen molar-refractivity contribution >= 4 is 44.7 Å². The molecule has 6 nitrogen and oxygen atoms in total. The summed E-state index contributed by atoms with van der Waals surface area (Å²) in [5.74, 6) is 0.0348. The number of hydrogen-bond donors (Lipinski definition) is 0. The number of amides is 2. The minimum Gasteiger partial charge on any atom is -0.336 e. The molecule has 0 N–H and O–H groups in total. The fraction of sp³-hybridized carbons (Fsp3) is 0.276. The van der Waals surface area contributed by atoms with Crippen LogP contribution >= 0.6 is 11.3 Å². The number of thiazole rings is 1. The largest absolute Gasteiger partial charge is 0.336 e. The highest BCUT2D eigenvalue weighted by molar-refractivity contribution is 7.14. The molecule has 1 saturated heterocycles. The summed E-state index contributed by atoms with van der Waals surface area (Å²) >= 11 is 1.49. The molecule has 184 valence electrons. The Morgan fingerprint density at radius 2 is 1.69 bits per heavy atom. The van der Waals surface area contributed by atoms with Crippen LogP contribution in [0.2, 0.25) is 0 Å². The first-order valence-electron chi connectivity index (χ1n) is 12.2. The smallest absolute Gasteiger partial charge is 0.254 e. The first-order valence-corrected chi connectivity index (χ1v) is 13.1. The van der Waals surface area contributed by atoms with Crippen LogP contribution in [0.5, 0.6) is 0 Å². The van der Waals surface area contributed by atoms with Crippen LogP contribution in [0.25, 0.3) is 10.8 Å². The number of carbonyl (C=O) groups is 2. The highest BCUT2D eigenvalue weighted by atomic mass is 32.1. The lowest BCUT2D eigenvalue weighted by Crippen LogP contribution is -2.48. The van der Waals surface area contributed by atoms with Crippen molar-refractivity contribution in [3.63, 3.8) is 0 Å². The summed E-state index contributed by atoms with van der Waals surface area (Å²) in [5.41, 5.74) is 4.89. The first-order chi connectivity index (χ1) is 17.4. The fourth-order valence-corrected chi connectivity index (χ4v) is 5.56. The number of benzene rings is 3. The van der Waals surface area contributed by atoms with Gasteiger partial charge in [-0.15, -0.1) is 11.3 Å². The molecule has 0 bridgehead atoms. The summed E-state index contributed by atoms with van der Waals surface area (Å²) < 4.78 is 0. The van der Waals surface area contributed by atoms with Crippen molar-refractivity contribution in [1.29, 1.82) is 0 Å². The van der Waals surface area contributed by atoms with Crippen molar-refractivity contribution in [1.82, 2.24) is 14.8 Å². The van der Waals surface area contributed by atoms with Crippen molar-refractivity contribution < 1.29 is 9.59 Å². The Labute approximate surface area is 215 Å². The van der Waals surface area contributed by atoms with Gasteiger partial charge in [0.05, 0.1) is 11.4 Å². The maximum Gasteiger partial charge on any atom is 0.254 e. The van der Waals surface area contributed by atoms with E-state index >= 15 is 0 Å². The molecule has 0 aliphatic carbocycles. The fourth-order valence-electron chi connectivity index (χ4n) is 4.68. The van der Waals surface area contributed by atoms with Gasteiger partial charge in [-0.05, 0) is 53.9 Å². The van der Waals surface area contributed by atoms with E-state index < -0.39 is 0 Å². The van der Waals surface area contributed by atoms with Crippen molar-refractivity contribution in [2.45, 2.75) is 27.3 Å². The quantitative estimate of drug-likeness (QED) is 0.362. The van der Waals surface area contributed by atoms with E-state index in [1.807, 2.05) is 70.9 Å². The zero-order chi connectivity index (χ0) is 25.2.